The van der Waals surface area contributed by atoms with E-state index in [1.807, 2.05) is 0 Å². The molecule has 0 fully saturated rings. The van der Waals surface area contributed by atoms with Crippen LogP contribution in [-0.4, -0.2) is 40.5 Å². The van der Waals surface area contributed by atoms with E-state index in [9.17, 15) is 0 Å². The Morgan fingerprint density at radius 1 is 1.20 bits per heavy atom. The van der Waals surface area contributed by atoms with Crippen LogP contribution in [0.4, 0.5) is 0 Å². The van der Waals surface area contributed by atoms with Crippen LogP contribution < -0.4 is 0 Å². The molecule has 0 amide bonds. The molecule has 0 aliphatic rings. The molecule has 0 saturated heterocycles. The predicted octanol–water partition coefficient (Wildman–Crippen LogP) is 1.77. The Balaban J connectivity index is 0. The molecule has 2 nitrogen and oxygen atoms in total. The number of nitrogens with zero attached hydrogens (tertiary/aromatic N) is 1. The van der Waals surface area contributed by atoms with E-state index in [-0.39, 0.29) is 29.6 Å². The van der Waals surface area contributed by atoms with Gasteiger partial charge in [-0.25, -0.2) is 0 Å². The van der Waals surface area contributed by atoms with E-state index in [0.717, 1.165) is 31.4 Å². The molecule has 0 unspecified atom stereocenters. The summed E-state index contributed by atoms with van der Waals surface area (Å²) in [6.45, 7) is 4.17. The first-order chi connectivity index (χ1) is 4.35. The Hall–Kier alpha value is 0.470. The molecular formula is C7H16NNaO. The van der Waals surface area contributed by atoms with Gasteiger partial charge in [0.1, 0.15) is 0 Å². The van der Waals surface area contributed by atoms with Gasteiger partial charge in [-0.2, -0.15) is 0 Å². The molecule has 0 aromatic heterocycles. The standard InChI is InChI=1S/C7H15NO.Na.H/c1-3-5-7(8-9)6-4-2;;/h9H,3-6H2,1-2H3;;. The summed E-state index contributed by atoms with van der Waals surface area (Å²) in [4.78, 5) is 0. The van der Waals surface area contributed by atoms with Crippen LogP contribution in [0.1, 0.15) is 39.5 Å². The molecule has 0 aliphatic carbocycles. The Labute approximate surface area is 85.0 Å². The molecule has 10 heavy (non-hydrogen) atoms. The monoisotopic (exact) mass is 153 g/mol. The second-order valence-corrected chi connectivity index (χ2v) is 2.17. The minimum atomic E-state index is 0. The second-order valence-electron chi connectivity index (χ2n) is 2.17. The van der Waals surface area contributed by atoms with Gasteiger partial charge in [0, 0.05) is 0 Å². The summed E-state index contributed by atoms with van der Waals surface area (Å²) in [7, 11) is 0. The van der Waals surface area contributed by atoms with E-state index in [2.05, 4.69) is 19.0 Å². The molecular weight excluding hydrogens is 137 g/mol. The van der Waals surface area contributed by atoms with Gasteiger partial charge in [-0.15, -0.1) is 0 Å². The van der Waals surface area contributed by atoms with Crippen LogP contribution in [-0.2, 0) is 0 Å². The van der Waals surface area contributed by atoms with E-state index in [4.69, 9.17) is 5.21 Å². The quantitative estimate of drug-likeness (QED) is 0.284. The van der Waals surface area contributed by atoms with Gasteiger partial charge in [-0.05, 0) is 12.8 Å². The third-order valence-electron chi connectivity index (χ3n) is 1.22. The second kappa shape index (κ2) is 9.47. The molecule has 0 aromatic rings. The molecule has 1 N–H and O–H groups in total. The predicted molar refractivity (Wildman–Crippen MR) is 46.2 cm³/mol. The molecule has 0 atom stereocenters. The van der Waals surface area contributed by atoms with Crippen LogP contribution in [0.5, 0.6) is 0 Å². The molecule has 0 heterocycles. The number of rotatable bonds is 4. The van der Waals surface area contributed by atoms with Gasteiger partial charge in [0.25, 0.3) is 0 Å². The summed E-state index contributed by atoms with van der Waals surface area (Å²) in [6, 6.07) is 0. The Bertz CT molecular complexity index is 85.6. The first-order valence-electron chi connectivity index (χ1n) is 3.54. The molecule has 56 valence electrons. The Morgan fingerprint density at radius 3 is 1.80 bits per heavy atom. The van der Waals surface area contributed by atoms with Crippen molar-refractivity contribution in [3.8, 4) is 0 Å². The third kappa shape index (κ3) is 6.59. The zero-order valence-electron chi connectivity index (χ0n) is 6.22. The summed E-state index contributed by atoms with van der Waals surface area (Å²) in [6.07, 6.45) is 4.01. The molecule has 0 radical (unpaired) electrons. The van der Waals surface area contributed by atoms with Gasteiger partial charge in [0.15, 0.2) is 0 Å². The van der Waals surface area contributed by atoms with Crippen LogP contribution in [0.15, 0.2) is 5.16 Å². The van der Waals surface area contributed by atoms with Crippen LogP contribution in [0, 0.1) is 0 Å². The molecule has 0 aromatic carbocycles. The van der Waals surface area contributed by atoms with Gasteiger partial charge in [0.2, 0.25) is 0 Å². The number of hydrogen-bond donors (Lipinski definition) is 1. The summed E-state index contributed by atoms with van der Waals surface area (Å²) in [5.41, 5.74) is 0.931. The van der Waals surface area contributed by atoms with Crippen molar-refractivity contribution < 1.29 is 5.21 Å². The zero-order valence-corrected chi connectivity index (χ0v) is 6.22. The van der Waals surface area contributed by atoms with Gasteiger partial charge < -0.3 is 5.21 Å². The Kier molecular flexibility index (Phi) is 12.4. The maximum absolute atomic E-state index is 8.38. The molecule has 0 spiro atoms. The minimum absolute atomic E-state index is 0. The molecule has 3 heteroatoms. The van der Waals surface area contributed by atoms with E-state index in [1.54, 1.807) is 0 Å². The fraction of sp³-hybridized carbons (Fsp3) is 0.857. The van der Waals surface area contributed by atoms with E-state index in [1.165, 1.54) is 0 Å². The van der Waals surface area contributed by atoms with E-state index >= 15 is 0 Å². The number of hydrogen-bond acceptors (Lipinski definition) is 2. The summed E-state index contributed by atoms with van der Waals surface area (Å²) >= 11 is 0. The van der Waals surface area contributed by atoms with E-state index in [0.29, 0.717) is 0 Å². The maximum atomic E-state index is 8.38. The third-order valence-corrected chi connectivity index (χ3v) is 1.22. The molecule has 0 saturated carbocycles. The fourth-order valence-corrected chi connectivity index (χ4v) is 0.802. The van der Waals surface area contributed by atoms with Crippen molar-refractivity contribution >= 4 is 35.3 Å². The van der Waals surface area contributed by atoms with Crippen LogP contribution in [0.3, 0.4) is 0 Å². The van der Waals surface area contributed by atoms with Crippen molar-refractivity contribution in [3.05, 3.63) is 0 Å². The Morgan fingerprint density at radius 2 is 1.60 bits per heavy atom. The van der Waals surface area contributed by atoms with Gasteiger partial charge >= 0.3 is 29.6 Å². The van der Waals surface area contributed by atoms with Crippen molar-refractivity contribution in [1.82, 2.24) is 0 Å². The summed E-state index contributed by atoms with van der Waals surface area (Å²) < 4.78 is 0. The van der Waals surface area contributed by atoms with Crippen LogP contribution in [0.25, 0.3) is 0 Å². The van der Waals surface area contributed by atoms with Crippen molar-refractivity contribution in [2.75, 3.05) is 0 Å². The van der Waals surface area contributed by atoms with Gasteiger partial charge in [0.05, 0.1) is 5.71 Å². The zero-order chi connectivity index (χ0) is 7.11. The molecule has 0 rings (SSSR count). The van der Waals surface area contributed by atoms with E-state index < -0.39 is 0 Å². The topological polar surface area (TPSA) is 32.6 Å². The first-order valence-corrected chi connectivity index (χ1v) is 3.54. The molecule has 0 aliphatic heterocycles. The number of oxime groups is 1. The van der Waals surface area contributed by atoms with Crippen molar-refractivity contribution in [1.29, 1.82) is 0 Å². The van der Waals surface area contributed by atoms with Crippen LogP contribution >= 0.6 is 0 Å². The average Bonchev–Trinajstić information content (AvgIpc) is 1.88. The normalized spacial score (nSPS) is 8.20. The first kappa shape index (κ1) is 13.1. The molecule has 0 bridgehead atoms. The fourth-order valence-electron chi connectivity index (χ4n) is 0.802. The average molecular weight is 153 g/mol. The summed E-state index contributed by atoms with van der Waals surface area (Å²) in [5.74, 6) is 0. The SMILES string of the molecule is CCCC(CCC)=NO.[NaH]. The van der Waals surface area contributed by atoms with Crippen LogP contribution in [0.2, 0.25) is 0 Å². The van der Waals surface area contributed by atoms with Gasteiger partial charge in [-0.1, -0.05) is 31.8 Å². The van der Waals surface area contributed by atoms with Crippen molar-refractivity contribution in [3.63, 3.8) is 0 Å². The summed E-state index contributed by atoms with van der Waals surface area (Å²) in [5, 5.41) is 11.6. The van der Waals surface area contributed by atoms with Gasteiger partial charge in [-0.3, -0.25) is 0 Å². The van der Waals surface area contributed by atoms with Crippen molar-refractivity contribution in [2.45, 2.75) is 39.5 Å². The van der Waals surface area contributed by atoms with Crippen molar-refractivity contribution in [2.24, 2.45) is 5.16 Å².